The maximum Gasteiger partial charge on any atom is 0.161 e. The van der Waals surface area contributed by atoms with Crippen LogP contribution in [0.2, 0.25) is 0 Å². The Bertz CT molecular complexity index is 430. The lowest BCUT2D eigenvalue weighted by Crippen LogP contribution is -2.37. The van der Waals surface area contributed by atoms with E-state index in [0.717, 1.165) is 31.7 Å². The highest BCUT2D eigenvalue weighted by Crippen LogP contribution is 2.28. The number of aliphatic hydroxyl groups is 1. The largest absolute Gasteiger partial charge is 0.389 e. The minimum atomic E-state index is -1.19. The van der Waals surface area contributed by atoms with E-state index in [1.54, 1.807) is 0 Å². The maximum atomic E-state index is 13.3. The van der Waals surface area contributed by atoms with Crippen molar-refractivity contribution in [3.05, 3.63) is 35.1 Å². The van der Waals surface area contributed by atoms with Crippen LogP contribution in [0.3, 0.4) is 0 Å². The molecular weight excluding hydrogens is 243 g/mol. The molecule has 5 heteroatoms. The molecule has 1 saturated carbocycles. The number of rotatable bonds is 4. The fourth-order valence-corrected chi connectivity index (χ4v) is 2.34. The lowest BCUT2D eigenvalue weighted by molar-refractivity contribution is 0.0474. The molecule has 1 aromatic rings. The fraction of sp³-hybridized carbons (Fsp3) is 0.538. The van der Waals surface area contributed by atoms with Gasteiger partial charge in [0.2, 0.25) is 0 Å². The van der Waals surface area contributed by atoms with Gasteiger partial charge in [-0.05, 0) is 18.9 Å². The standard InChI is InChI=1S/C13H16F3NO/c14-10-6-12(16)11(15)5-9(10)7-17-8-13(18)3-1-2-4-13/h5-6,17-18H,1-4,7-8H2. The summed E-state index contributed by atoms with van der Waals surface area (Å²) in [6.07, 6.45) is 3.41. The van der Waals surface area contributed by atoms with E-state index in [0.29, 0.717) is 12.6 Å². The SMILES string of the molecule is OC1(CNCc2cc(F)c(F)cc2F)CCCC1. The van der Waals surface area contributed by atoms with Gasteiger partial charge in [0.15, 0.2) is 11.6 Å². The second-order valence-electron chi connectivity index (χ2n) is 4.89. The molecule has 0 bridgehead atoms. The van der Waals surface area contributed by atoms with E-state index >= 15 is 0 Å². The molecule has 0 spiro atoms. The van der Waals surface area contributed by atoms with Crippen LogP contribution < -0.4 is 5.32 Å². The van der Waals surface area contributed by atoms with Crippen LogP contribution in [0, 0.1) is 17.5 Å². The molecule has 1 aliphatic carbocycles. The zero-order chi connectivity index (χ0) is 13.2. The van der Waals surface area contributed by atoms with Crippen molar-refractivity contribution in [1.29, 1.82) is 0 Å². The third kappa shape index (κ3) is 3.03. The number of benzene rings is 1. The Kier molecular flexibility index (Phi) is 3.92. The van der Waals surface area contributed by atoms with Gasteiger partial charge < -0.3 is 10.4 Å². The van der Waals surface area contributed by atoms with Crippen molar-refractivity contribution in [2.75, 3.05) is 6.54 Å². The van der Waals surface area contributed by atoms with Gasteiger partial charge in [0.25, 0.3) is 0 Å². The Morgan fingerprint density at radius 1 is 1.06 bits per heavy atom. The van der Waals surface area contributed by atoms with Gasteiger partial charge >= 0.3 is 0 Å². The Hall–Kier alpha value is -1.07. The van der Waals surface area contributed by atoms with Crippen LogP contribution in [0.4, 0.5) is 13.2 Å². The van der Waals surface area contributed by atoms with Crippen molar-refractivity contribution < 1.29 is 18.3 Å². The summed E-state index contributed by atoms with van der Waals surface area (Å²) in [6.45, 7) is 0.413. The van der Waals surface area contributed by atoms with E-state index in [1.165, 1.54) is 0 Å². The number of halogens is 3. The first-order valence-corrected chi connectivity index (χ1v) is 6.07. The lowest BCUT2D eigenvalue weighted by Gasteiger charge is -2.22. The van der Waals surface area contributed by atoms with Crippen LogP contribution in [0.5, 0.6) is 0 Å². The molecule has 0 unspecified atom stereocenters. The summed E-state index contributed by atoms with van der Waals surface area (Å²) in [5, 5.41) is 12.9. The van der Waals surface area contributed by atoms with Gasteiger partial charge in [-0.3, -0.25) is 0 Å². The van der Waals surface area contributed by atoms with E-state index < -0.39 is 23.1 Å². The van der Waals surface area contributed by atoms with E-state index in [1.807, 2.05) is 0 Å². The molecule has 0 atom stereocenters. The molecule has 1 fully saturated rings. The van der Waals surface area contributed by atoms with E-state index in [9.17, 15) is 18.3 Å². The van der Waals surface area contributed by atoms with E-state index in [2.05, 4.69) is 5.32 Å². The highest BCUT2D eigenvalue weighted by molar-refractivity contribution is 5.20. The topological polar surface area (TPSA) is 32.3 Å². The van der Waals surface area contributed by atoms with Crippen molar-refractivity contribution in [2.45, 2.75) is 37.8 Å². The summed E-state index contributed by atoms with van der Waals surface area (Å²) in [5.74, 6) is -3.03. The summed E-state index contributed by atoms with van der Waals surface area (Å²) in [5.41, 5.74) is -0.676. The van der Waals surface area contributed by atoms with Crippen LogP contribution in [-0.4, -0.2) is 17.3 Å². The summed E-state index contributed by atoms with van der Waals surface area (Å²) in [7, 11) is 0. The highest BCUT2D eigenvalue weighted by Gasteiger charge is 2.30. The van der Waals surface area contributed by atoms with Crippen LogP contribution in [0.1, 0.15) is 31.2 Å². The highest BCUT2D eigenvalue weighted by atomic mass is 19.2. The minimum absolute atomic E-state index is 0.0653. The molecule has 2 rings (SSSR count). The maximum absolute atomic E-state index is 13.3. The fourth-order valence-electron chi connectivity index (χ4n) is 2.34. The van der Waals surface area contributed by atoms with E-state index in [-0.39, 0.29) is 12.1 Å². The van der Waals surface area contributed by atoms with Crippen LogP contribution in [0.25, 0.3) is 0 Å². The summed E-state index contributed by atoms with van der Waals surface area (Å²) in [4.78, 5) is 0. The molecule has 18 heavy (non-hydrogen) atoms. The Labute approximate surface area is 104 Å². The monoisotopic (exact) mass is 259 g/mol. The molecule has 0 amide bonds. The van der Waals surface area contributed by atoms with Crippen molar-refractivity contribution in [3.8, 4) is 0 Å². The quantitative estimate of drug-likeness (QED) is 0.814. The van der Waals surface area contributed by atoms with Gasteiger partial charge in [-0.1, -0.05) is 12.8 Å². The van der Waals surface area contributed by atoms with Gasteiger partial charge in [-0.15, -0.1) is 0 Å². The summed E-state index contributed by atoms with van der Waals surface area (Å²) in [6, 6.07) is 1.38. The zero-order valence-electron chi connectivity index (χ0n) is 9.98. The van der Waals surface area contributed by atoms with E-state index in [4.69, 9.17) is 0 Å². The molecule has 0 aromatic heterocycles. The van der Waals surface area contributed by atoms with Crippen molar-refractivity contribution in [2.24, 2.45) is 0 Å². The predicted molar refractivity (Wildman–Crippen MR) is 61.4 cm³/mol. The van der Waals surface area contributed by atoms with Crippen LogP contribution in [-0.2, 0) is 6.54 Å². The molecule has 0 heterocycles. The molecule has 2 N–H and O–H groups in total. The zero-order valence-corrected chi connectivity index (χ0v) is 9.98. The van der Waals surface area contributed by atoms with Gasteiger partial charge in [0.1, 0.15) is 5.82 Å². The molecule has 1 aliphatic rings. The Morgan fingerprint density at radius 3 is 2.33 bits per heavy atom. The molecule has 100 valence electrons. The molecule has 2 nitrogen and oxygen atoms in total. The minimum Gasteiger partial charge on any atom is -0.389 e. The van der Waals surface area contributed by atoms with Crippen LogP contribution in [0.15, 0.2) is 12.1 Å². The normalized spacial score (nSPS) is 18.2. The smallest absolute Gasteiger partial charge is 0.161 e. The Balaban J connectivity index is 1.92. The first-order chi connectivity index (χ1) is 8.50. The number of hydrogen-bond donors (Lipinski definition) is 2. The number of hydrogen-bond acceptors (Lipinski definition) is 2. The third-order valence-corrected chi connectivity index (χ3v) is 3.39. The first kappa shape index (κ1) is 13.4. The predicted octanol–water partition coefficient (Wildman–Crippen LogP) is 2.50. The lowest BCUT2D eigenvalue weighted by atomic mass is 10.0. The van der Waals surface area contributed by atoms with Crippen LogP contribution >= 0.6 is 0 Å². The number of nitrogens with one attached hydrogen (secondary N) is 1. The van der Waals surface area contributed by atoms with Crippen molar-refractivity contribution in [3.63, 3.8) is 0 Å². The average molecular weight is 259 g/mol. The van der Waals surface area contributed by atoms with Gasteiger partial charge in [0.05, 0.1) is 5.60 Å². The molecule has 0 radical (unpaired) electrons. The summed E-state index contributed by atoms with van der Waals surface area (Å²) < 4.78 is 39.0. The second-order valence-corrected chi connectivity index (χ2v) is 4.89. The van der Waals surface area contributed by atoms with Crippen molar-refractivity contribution >= 4 is 0 Å². The average Bonchev–Trinajstić information content (AvgIpc) is 2.73. The van der Waals surface area contributed by atoms with Crippen molar-refractivity contribution in [1.82, 2.24) is 5.32 Å². The second kappa shape index (κ2) is 5.28. The molecule has 1 aromatic carbocycles. The first-order valence-electron chi connectivity index (χ1n) is 6.07. The van der Waals surface area contributed by atoms with Gasteiger partial charge in [-0.2, -0.15) is 0 Å². The third-order valence-electron chi connectivity index (χ3n) is 3.39. The van der Waals surface area contributed by atoms with Gasteiger partial charge in [-0.25, -0.2) is 13.2 Å². The molecule has 0 aliphatic heterocycles. The van der Waals surface area contributed by atoms with Gasteiger partial charge in [0, 0.05) is 24.7 Å². The molecule has 0 saturated heterocycles. The summed E-state index contributed by atoms with van der Waals surface area (Å²) >= 11 is 0. The Morgan fingerprint density at radius 2 is 1.67 bits per heavy atom. The molecular formula is C13H16F3NO.